The van der Waals surface area contributed by atoms with Gasteiger partial charge in [0.15, 0.2) is 3.95 Å². The molecule has 0 bridgehead atoms. The van der Waals surface area contributed by atoms with Crippen LogP contribution in [0.15, 0.2) is 59.4 Å². The van der Waals surface area contributed by atoms with Crippen molar-refractivity contribution in [3.8, 4) is 10.4 Å². The summed E-state index contributed by atoms with van der Waals surface area (Å²) in [5.74, 6) is -0.0783. The zero-order chi connectivity index (χ0) is 20.5. The second-order valence-corrected chi connectivity index (χ2v) is 8.34. The smallest absolute Gasteiger partial charge is 0.262 e. The third-order valence-corrected chi connectivity index (χ3v) is 6.52. The van der Waals surface area contributed by atoms with Crippen molar-refractivity contribution in [2.75, 3.05) is 13.1 Å². The Morgan fingerprint density at radius 1 is 1.03 bits per heavy atom. The summed E-state index contributed by atoms with van der Waals surface area (Å²) in [5, 5.41) is 0.556. The Bertz CT molecular complexity index is 1320. The maximum absolute atomic E-state index is 13.4. The number of hydrogen-bond acceptors (Lipinski definition) is 4. The maximum atomic E-state index is 13.4. The van der Waals surface area contributed by atoms with Crippen molar-refractivity contribution in [3.63, 3.8) is 0 Å². The number of benzene rings is 2. The van der Waals surface area contributed by atoms with E-state index in [0.29, 0.717) is 28.1 Å². The molecule has 29 heavy (non-hydrogen) atoms. The summed E-state index contributed by atoms with van der Waals surface area (Å²) in [4.78, 5) is 28.9. The van der Waals surface area contributed by atoms with E-state index in [4.69, 9.17) is 12.2 Å². The van der Waals surface area contributed by atoms with E-state index in [1.165, 1.54) is 11.3 Å². The first-order valence-electron chi connectivity index (χ1n) is 9.57. The number of rotatable bonds is 5. The van der Waals surface area contributed by atoms with E-state index in [1.54, 1.807) is 15.5 Å². The van der Waals surface area contributed by atoms with Gasteiger partial charge in [0.2, 0.25) is 5.91 Å². The minimum absolute atomic E-state index is 0.0137. The van der Waals surface area contributed by atoms with Crippen molar-refractivity contribution in [2.24, 2.45) is 0 Å². The quantitative estimate of drug-likeness (QED) is 0.442. The molecule has 1 amide bonds. The Hall–Kier alpha value is -2.77. The van der Waals surface area contributed by atoms with Crippen LogP contribution in [0.2, 0.25) is 0 Å². The summed E-state index contributed by atoms with van der Waals surface area (Å²) < 4.78 is 4.16. The number of amides is 1. The second kappa shape index (κ2) is 7.93. The van der Waals surface area contributed by atoms with Crippen LogP contribution >= 0.6 is 23.6 Å². The molecule has 0 unspecified atom stereocenters. The number of carbonyl (C=O) groups is 1. The zero-order valence-electron chi connectivity index (χ0n) is 16.3. The molecule has 0 spiro atoms. The molecule has 0 saturated carbocycles. The van der Waals surface area contributed by atoms with Gasteiger partial charge in [-0.3, -0.25) is 18.6 Å². The van der Waals surface area contributed by atoms with Crippen molar-refractivity contribution in [1.82, 2.24) is 13.9 Å². The van der Waals surface area contributed by atoms with Gasteiger partial charge in [-0.15, -0.1) is 11.3 Å². The van der Waals surface area contributed by atoms with E-state index in [-0.39, 0.29) is 18.0 Å². The molecule has 0 saturated heterocycles. The molecular weight excluding hydrogens is 402 g/mol. The number of nitrogens with zero attached hydrogens (tertiary/aromatic N) is 3. The highest BCUT2D eigenvalue weighted by Gasteiger charge is 2.21. The number of aromatic nitrogens is 2. The average Bonchev–Trinajstić information content (AvgIpc) is 3.10. The molecule has 0 fully saturated rings. The standard InChI is InChI=1S/C22H21N3O2S2/c1-3-23(4-2)18(26)14-24-20-19(15-10-6-5-7-11-15)29-22(28)25(20)17-13-9-8-12-16(17)21(24)27/h5-13H,3-4,14H2,1-2H3. The fraction of sp³-hybridized carbons (Fsp3) is 0.227. The maximum Gasteiger partial charge on any atom is 0.262 e. The Balaban J connectivity index is 2.09. The van der Waals surface area contributed by atoms with E-state index in [2.05, 4.69) is 0 Å². The average molecular weight is 424 g/mol. The van der Waals surface area contributed by atoms with Gasteiger partial charge in [0.05, 0.1) is 15.8 Å². The van der Waals surface area contributed by atoms with E-state index < -0.39 is 0 Å². The normalized spacial score (nSPS) is 11.2. The Morgan fingerprint density at radius 2 is 1.69 bits per heavy atom. The van der Waals surface area contributed by atoms with Gasteiger partial charge in [0.1, 0.15) is 12.2 Å². The lowest BCUT2D eigenvalue weighted by atomic mass is 10.2. The van der Waals surface area contributed by atoms with Gasteiger partial charge < -0.3 is 4.90 Å². The fourth-order valence-corrected chi connectivity index (χ4v) is 5.08. The van der Waals surface area contributed by atoms with Crippen LogP contribution in [0.4, 0.5) is 0 Å². The van der Waals surface area contributed by atoms with Crippen LogP contribution in [-0.4, -0.2) is 32.9 Å². The van der Waals surface area contributed by atoms with Crippen LogP contribution in [0.3, 0.4) is 0 Å². The molecule has 0 N–H and O–H groups in total. The summed E-state index contributed by atoms with van der Waals surface area (Å²) in [6.07, 6.45) is 0. The largest absolute Gasteiger partial charge is 0.342 e. The highest BCUT2D eigenvalue weighted by atomic mass is 32.1. The molecule has 2 heterocycles. The SMILES string of the molecule is CCN(CC)C(=O)Cn1c(=O)c2ccccc2n2c(=S)sc(-c3ccccc3)c12. The summed E-state index contributed by atoms with van der Waals surface area (Å²) in [5.41, 5.74) is 2.24. The molecule has 0 aliphatic rings. The lowest BCUT2D eigenvalue weighted by molar-refractivity contribution is -0.131. The summed E-state index contributed by atoms with van der Waals surface area (Å²) in [6, 6.07) is 17.3. The van der Waals surface area contributed by atoms with E-state index >= 15 is 0 Å². The Labute approximate surface area is 177 Å². The molecule has 4 aromatic rings. The van der Waals surface area contributed by atoms with Crippen molar-refractivity contribution < 1.29 is 4.79 Å². The molecule has 148 valence electrons. The van der Waals surface area contributed by atoms with Gasteiger partial charge in [-0.05, 0) is 43.8 Å². The molecule has 0 aliphatic carbocycles. The number of thiazole rings is 1. The van der Waals surface area contributed by atoms with Crippen molar-refractivity contribution >= 4 is 46.0 Å². The predicted octanol–water partition coefficient (Wildman–Crippen LogP) is 4.58. The van der Waals surface area contributed by atoms with Crippen LogP contribution < -0.4 is 5.56 Å². The molecule has 4 rings (SSSR count). The highest BCUT2D eigenvalue weighted by molar-refractivity contribution is 7.73. The minimum Gasteiger partial charge on any atom is -0.342 e. The number of carbonyl (C=O) groups excluding carboxylic acids is 1. The highest BCUT2D eigenvalue weighted by Crippen LogP contribution is 2.33. The van der Waals surface area contributed by atoms with Crippen LogP contribution in [0, 0.1) is 3.95 Å². The third-order valence-electron chi connectivity index (χ3n) is 5.11. The molecule has 7 heteroatoms. The number of fused-ring (bicyclic) bond motifs is 3. The summed E-state index contributed by atoms with van der Waals surface area (Å²) in [6.45, 7) is 5.08. The van der Waals surface area contributed by atoms with Gasteiger partial charge in [0, 0.05) is 13.1 Å². The first-order valence-corrected chi connectivity index (χ1v) is 10.8. The van der Waals surface area contributed by atoms with E-state index in [9.17, 15) is 9.59 Å². The third kappa shape index (κ3) is 3.30. The van der Waals surface area contributed by atoms with Crippen LogP contribution in [-0.2, 0) is 11.3 Å². The Kier molecular flexibility index (Phi) is 5.34. The number of likely N-dealkylation sites (N-methyl/N-ethyl adjacent to an activating group) is 1. The van der Waals surface area contributed by atoms with Crippen LogP contribution in [0.25, 0.3) is 27.0 Å². The lowest BCUT2D eigenvalue weighted by Gasteiger charge is -2.20. The number of para-hydroxylation sites is 1. The van der Waals surface area contributed by atoms with Gasteiger partial charge in [-0.25, -0.2) is 0 Å². The van der Waals surface area contributed by atoms with Crippen LogP contribution in [0.5, 0.6) is 0 Å². The molecule has 0 atom stereocenters. The van der Waals surface area contributed by atoms with Gasteiger partial charge in [0.25, 0.3) is 5.56 Å². The lowest BCUT2D eigenvalue weighted by Crippen LogP contribution is -2.37. The van der Waals surface area contributed by atoms with E-state index in [0.717, 1.165) is 16.0 Å². The monoisotopic (exact) mass is 423 g/mol. The molecule has 0 radical (unpaired) electrons. The minimum atomic E-state index is -0.175. The van der Waals surface area contributed by atoms with E-state index in [1.807, 2.05) is 66.8 Å². The first kappa shape index (κ1) is 19.5. The molecular formula is C22H21N3O2S2. The molecule has 5 nitrogen and oxygen atoms in total. The fourth-order valence-electron chi connectivity index (χ4n) is 3.65. The van der Waals surface area contributed by atoms with Crippen molar-refractivity contribution in [3.05, 3.63) is 68.9 Å². The second-order valence-electron chi connectivity index (χ2n) is 6.70. The summed E-state index contributed by atoms with van der Waals surface area (Å²) >= 11 is 7.15. The topological polar surface area (TPSA) is 46.7 Å². The molecule has 0 aliphatic heterocycles. The van der Waals surface area contributed by atoms with Gasteiger partial charge >= 0.3 is 0 Å². The van der Waals surface area contributed by atoms with Gasteiger partial charge in [-0.2, -0.15) is 0 Å². The first-order chi connectivity index (χ1) is 14.1. The predicted molar refractivity (Wildman–Crippen MR) is 121 cm³/mol. The van der Waals surface area contributed by atoms with Gasteiger partial charge in [-0.1, -0.05) is 42.5 Å². The summed E-state index contributed by atoms with van der Waals surface area (Å²) in [7, 11) is 0. The van der Waals surface area contributed by atoms with Crippen LogP contribution in [0.1, 0.15) is 13.8 Å². The van der Waals surface area contributed by atoms with Crippen molar-refractivity contribution in [1.29, 1.82) is 0 Å². The van der Waals surface area contributed by atoms with Crippen molar-refractivity contribution in [2.45, 2.75) is 20.4 Å². The Morgan fingerprint density at radius 3 is 2.38 bits per heavy atom. The zero-order valence-corrected chi connectivity index (χ0v) is 17.9. The molecule has 2 aromatic heterocycles. The molecule has 2 aromatic carbocycles. The number of hydrogen-bond donors (Lipinski definition) is 0.